The van der Waals surface area contributed by atoms with Crippen LogP contribution >= 0.6 is 0 Å². The number of hydrogen-bond donors (Lipinski definition) is 0. The standard InChI is InChI=1S/C17H30O2/c1-5-6-7-8-9-16-14-10-13(17(3,4)19-16)11-15(18)12(14)2/h12-14,16H,5-11H2,1-4H3/t12-,13+,14-,16-/m0/s1. The summed E-state index contributed by atoms with van der Waals surface area (Å²) in [6, 6.07) is 0. The molecule has 1 aliphatic heterocycles. The van der Waals surface area contributed by atoms with Crippen LogP contribution in [-0.4, -0.2) is 17.5 Å². The van der Waals surface area contributed by atoms with Crippen LogP contribution in [0.15, 0.2) is 0 Å². The first kappa shape index (κ1) is 15.0. The van der Waals surface area contributed by atoms with Gasteiger partial charge in [-0.25, -0.2) is 0 Å². The molecule has 1 saturated heterocycles. The molecule has 0 radical (unpaired) electrons. The van der Waals surface area contributed by atoms with Crippen molar-refractivity contribution >= 4 is 5.78 Å². The first-order chi connectivity index (χ1) is 8.95. The van der Waals surface area contributed by atoms with Gasteiger partial charge in [-0.2, -0.15) is 0 Å². The number of unbranched alkanes of at least 4 members (excludes halogenated alkanes) is 3. The molecule has 2 fully saturated rings. The fourth-order valence-electron chi connectivity index (χ4n) is 3.91. The summed E-state index contributed by atoms with van der Waals surface area (Å²) in [7, 11) is 0. The summed E-state index contributed by atoms with van der Waals surface area (Å²) in [6.45, 7) is 8.71. The van der Waals surface area contributed by atoms with Gasteiger partial charge in [0.15, 0.2) is 0 Å². The van der Waals surface area contributed by atoms with Gasteiger partial charge in [-0.15, -0.1) is 0 Å². The molecule has 2 nitrogen and oxygen atoms in total. The van der Waals surface area contributed by atoms with Crippen LogP contribution in [0.1, 0.15) is 72.6 Å². The third-order valence-corrected chi connectivity index (χ3v) is 5.41. The van der Waals surface area contributed by atoms with E-state index in [0.29, 0.717) is 23.7 Å². The quantitative estimate of drug-likeness (QED) is 0.691. The molecular weight excluding hydrogens is 236 g/mol. The molecular formula is C17H30O2. The SMILES string of the molecule is CCCCCC[C@@H]1OC(C)(C)[C@H]2CC(=O)[C@@H](C)[C@@H]1C2. The van der Waals surface area contributed by atoms with Crippen molar-refractivity contribution in [3.63, 3.8) is 0 Å². The van der Waals surface area contributed by atoms with Crippen LogP contribution in [0.2, 0.25) is 0 Å². The van der Waals surface area contributed by atoms with Gasteiger partial charge in [0.25, 0.3) is 0 Å². The highest BCUT2D eigenvalue weighted by Crippen LogP contribution is 2.47. The Morgan fingerprint density at radius 2 is 2.00 bits per heavy atom. The number of Topliss-reactive ketones (excluding diaryl/α,β-unsaturated/α-hetero) is 1. The van der Waals surface area contributed by atoms with Gasteiger partial charge in [-0.3, -0.25) is 4.79 Å². The van der Waals surface area contributed by atoms with E-state index in [1.807, 2.05) is 0 Å². The summed E-state index contributed by atoms with van der Waals surface area (Å²) in [5.41, 5.74) is -0.109. The zero-order valence-electron chi connectivity index (χ0n) is 13.1. The first-order valence-electron chi connectivity index (χ1n) is 8.16. The predicted molar refractivity (Wildman–Crippen MR) is 78.1 cm³/mol. The van der Waals surface area contributed by atoms with Crippen molar-refractivity contribution in [1.29, 1.82) is 0 Å². The molecule has 1 heterocycles. The van der Waals surface area contributed by atoms with E-state index in [0.717, 1.165) is 12.8 Å². The van der Waals surface area contributed by atoms with Crippen molar-refractivity contribution in [2.75, 3.05) is 0 Å². The van der Waals surface area contributed by atoms with Gasteiger partial charge in [0.1, 0.15) is 5.78 Å². The number of ketones is 1. The van der Waals surface area contributed by atoms with E-state index in [1.54, 1.807) is 0 Å². The normalized spacial score (nSPS) is 37.4. The Labute approximate surface area is 118 Å². The average molecular weight is 266 g/mol. The average Bonchev–Trinajstić information content (AvgIpc) is 2.35. The number of carbonyl (C=O) groups is 1. The number of hydrogen-bond acceptors (Lipinski definition) is 2. The van der Waals surface area contributed by atoms with Crippen LogP contribution in [-0.2, 0) is 9.53 Å². The first-order valence-corrected chi connectivity index (χ1v) is 8.16. The van der Waals surface area contributed by atoms with E-state index in [2.05, 4.69) is 27.7 Å². The van der Waals surface area contributed by atoms with Gasteiger partial charge in [-0.1, -0.05) is 39.5 Å². The Bertz CT molecular complexity index is 321. The Balaban J connectivity index is 1.99. The third kappa shape index (κ3) is 3.21. The van der Waals surface area contributed by atoms with Crippen molar-refractivity contribution in [3.8, 4) is 0 Å². The van der Waals surface area contributed by atoms with E-state index in [1.165, 1.54) is 32.1 Å². The highest BCUT2D eigenvalue weighted by molar-refractivity contribution is 5.82. The molecule has 2 rings (SSSR count). The van der Waals surface area contributed by atoms with Gasteiger partial charge >= 0.3 is 0 Å². The van der Waals surface area contributed by atoms with Crippen molar-refractivity contribution in [2.45, 2.75) is 84.3 Å². The van der Waals surface area contributed by atoms with Gasteiger partial charge < -0.3 is 4.74 Å². The maximum Gasteiger partial charge on any atom is 0.136 e. The highest BCUT2D eigenvalue weighted by Gasteiger charge is 2.49. The fraction of sp³-hybridized carbons (Fsp3) is 0.941. The molecule has 0 aromatic rings. The molecule has 2 heteroatoms. The minimum absolute atomic E-state index is 0.109. The lowest BCUT2D eigenvalue weighted by molar-refractivity contribution is -0.196. The van der Waals surface area contributed by atoms with Crippen LogP contribution in [0, 0.1) is 17.8 Å². The molecule has 0 amide bonds. The minimum Gasteiger partial charge on any atom is -0.372 e. The summed E-state index contributed by atoms with van der Waals surface area (Å²) < 4.78 is 6.39. The zero-order chi connectivity index (χ0) is 14.0. The van der Waals surface area contributed by atoms with Crippen LogP contribution in [0.25, 0.3) is 0 Å². The molecule has 4 atom stereocenters. The molecule has 110 valence electrons. The number of carbonyl (C=O) groups excluding carboxylic acids is 1. The van der Waals surface area contributed by atoms with Gasteiger partial charge in [0.2, 0.25) is 0 Å². The van der Waals surface area contributed by atoms with Gasteiger partial charge in [0.05, 0.1) is 11.7 Å². The Morgan fingerprint density at radius 1 is 1.26 bits per heavy atom. The summed E-state index contributed by atoms with van der Waals surface area (Å²) in [5.74, 6) is 1.59. The second kappa shape index (κ2) is 5.95. The van der Waals surface area contributed by atoms with Crippen LogP contribution in [0.3, 0.4) is 0 Å². The van der Waals surface area contributed by atoms with E-state index in [-0.39, 0.29) is 11.5 Å². The largest absolute Gasteiger partial charge is 0.372 e. The van der Waals surface area contributed by atoms with Crippen molar-refractivity contribution in [2.24, 2.45) is 17.8 Å². The van der Waals surface area contributed by atoms with Crippen molar-refractivity contribution in [3.05, 3.63) is 0 Å². The number of fused-ring (bicyclic) bond motifs is 2. The lowest BCUT2D eigenvalue weighted by atomic mass is 9.64. The smallest absolute Gasteiger partial charge is 0.136 e. The summed E-state index contributed by atoms with van der Waals surface area (Å²) in [6.07, 6.45) is 8.51. The van der Waals surface area contributed by atoms with Gasteiger partial charge in [-0.05, 0) is 38.5 Å². The minimum atomic E-state index is -0.109. The molecule has 2 bridgehead atoms. The monoisotopic (exact) mass is 266 g/mol. The molecule has 1 saturated carbocycles. The molecule has 19 heavy (non-hydrogen) atoms. The Morgan fingerprint density at radius 3 is 2.68 bits per heavy atom. The molecule has 2 aliphatic rings. The summed E-state index contributed by atoms with van der Waals surface area (Å²) >= 11 is 0. The van der Waals surface area contributed by atoms with Crippen molar-refractivity contribution < 1.29 is 9.53 Å². The van der Waals surface area contributed by atoms with Gasteiger partial charge in [0, 0.05) is 12.3 Å². The van der Waals surface area contributed by atoms with E-state index in [9.17, 15) is 4.79 Å². The molecule has 1 aliphatic carbocycles. The highest BCUT2D eigenvalue weighted by atomic mass is 16.5. The number of rotatable bonds is 5. The van der Waals surface area contributed by atoms with Crippen molar-refractivity contribution in [1.82, 2.24) is 0 Å². The maximum absolute atomic E-state index is 12.2. The van der Waals surface area contributed by atoms with E-state index in [4.69, 9.17) is 4.74 Å². The topological polar surface area (TPSA) is 26.3 Å². The Hall–Kier alpha value is -0.370. The maximum atomic E-state index is 12.2. The lowest BCUT2D eigenvalue weighted by Crippen LogP contribution is -2.54. The molecule has 0 spiro atoms. The van der Waals surface area contributed by atoms with E-state index >= 15 is 0 Å². The van der Waals surface area contributed by atoms with Crippen LogP contribution < -0.4 is 0 Å². The summed E-state index contributed by atoms with van der Waals surface area (Å²) in [4.78, 5) is 12.2. The van der Waals surface area contributed by atoms with E-state index < -0.39 is 0 Å². The summed E-state index contributed by atoms with van der Waals surface area (Å²) in [5, 5.41) is 0. The Kier molecular flexibility index (Phi) is 4.70. The predicted octanol–water partition coefficient (Wildman–Crippen LogP) is 4.37. The fourth-order valence-corrected chi connectivity index (χ4v) is 3.91. The molecule has 0 N–H and O–H groups in total. The number of ether oxygens (including phenoxy) is 1. The van der Waals surface area contributed by atoms with Crippen LogP contribution in [0.5, 0.6) is 0 Å². The second-order valence-corrected chi connectivity index (χ2v) is 7.16. The molecule has 0 aromatic carbocycles. The molecule has 0 unspecified atom stereocenters. The second-order valence-electron chi connectivity index (χ2n) is 7.16. The lowest BCUT2D eigenvalue weighted by Gasteiger charge is -2.51. The molecule has 0 aromatic heterocycles. The van der Waals surface area contributed by atoms with Crippen LogP contribution in [0.4, 0.5) is 0 Å². The zero-order valence-corrected chi connectivity index (χ0v) is 13.1. The third-order valence-electron chi connectivity index (χ3n) is 5.41.